The molecule has 1 heterocycles. The van der Waals surface area contributed by atoms with Crippen LogP contribution in [0.15, 0.2) is 24.3 Å². The fraction of sp³-hybridized carbons (Fsp3) is 0.571. The lowest BCUT2D eigenvalue weighted by atomic mass is 10.0. The highest BCUT2D eigenvalue weighted by molar-refractivity contribution is 5.83. The van der Waals surface area contributed by atoms with Crippen LogP contribution < -0.4 is 10.1 Å². The first-order chi connectivity index (χ1) is 13.0. The molecule has 6 heteroatoms. The zero-order chi connectivity index (χ0) is 19.6. The maximum absolute atomic E-state index is 12.3. The lowest BCUT2D eigenvalue weighted by Gasteiger charge is -2.32. The van der Waals surface area contributed by atoms with Gasteiger partial charge in [0.15, 0.2) is 6.61 Å². The van der Waals surface area contributed by atoms with Crippen molar-refractivity contribution in [2.45, 2.75) is 58.4 Å². The standard InChI is InChI=1S/C21H30N2O4/c1-3-4-17-6-8-19(9-7-17)27-15-21(26)23-13-11-18(12-14-23)22-20(25)10-5-16(2)24/h6-9,18H,3-5,10-15H2,1-2H3,(H,22,25). The number of carbonyl (C=O) groups is 3. The molecule has 0 saturated carbocycles. The Labute approximate surface area is 161 Å². The zero-order valence-corrected chi connectivity index (χ0v) is 16.3. The summed E-state index contributed by atoms with van der Waals surface area (Å²) in [4.78, 5) is 36.8. The van der Waals surface area contributed by atoms with Gasteiger partial charge >= 0.3 is 0 Å². The van der Waals surface area contributed by atoms with Crippen LogP contribution in [-0.4, -0.2) is 48.2 Å². The van der Waals surface area contributed by atoms with Crippen LogP contribution in [0.3, 0.4) is 0 Å². The predicted molar refractivity (Wildman–Crippen MR) is 104 cm³/mol. The third-order valence-corrected chi connectivity index (χ3v) is 4.74. The second-order valence-corrected chi connectivity index (χ2v) is 7.11. The van der Waals surface area contributed by atoms with Crippen molar-refractivity contribution in [2.24, 2.45) is 0 Å². The second kappa shape index (κ2) is 10.7. The SMILES string of the molecule is CCCc1ccc(OCC(=O)N2CCC(NC(=O)CCC(C)=O)CC2)cc1. The normalized spacial score (nSPS) is 14.7. The average Bonchev–Trinajstić information content (AvgIpc) is 2.66. The van der Waals surface area contributed by atoms with E-state index < -0.39 is 0 Å². The van der Waals surface area contributed by atoms with Crippen molar-refractivity contribution in [2.75, 3.05) is 19.7 Å². The zero-order valence-electron chi connectivity index (χ0n) is 16.3. The number of aryl methyl sites for hydroxylation is 1. The van der Waals surface area contributed by atoms with E-state index in [-0.39, 0.29) is 43.1 Å². The molecular weight excluding hydrogens is 344 g/mol. The van der Waals surface area contributed by atoms with Gasteiger partial charge in [0.2, 0.25) is 5.91 Å². The first-order valence-corrected chi connectivity index (χ1v) is 9.76. The second-order valence-electron chi connectivity index (χ2n) is 7.11. The molecule has 1 aliphatic rings. The summed E-state index contributed by atoms with van der Waals surface area (Å²) in [6.07, 6.45) is 4.11. The van der Waals surface area contributed by atoms with E-state index in [1.807, 2.05) is 24.3 Å². The molecule has 0 aromatic heterocycles. The molecular formula is C21H30N2O4. The number of nitrogens with one attached hydrogen (secondary N) is 1. The first-order valence-electron chi connectivity index (χ1n) is 9.76. The quantitative estimate of drug-likeness (QED) is 0.721. The maximum atomic E-state index is 12.3. The van der Waals surface area contributed by atoms with Crippen LogP contribution >= 0.6 is 0 Å². The molecule has 1 aromatic rings. The number of ether oxygens (including phenoxy) is 1. The Hall–Kier alpha value is -2.37. The number of hydrogen-bond donors (Lipinski definition) is 1. The molecule has 1 saturated heterocycles. The van der Waals surface area contributed by atoms with Crippen LogP contribution in [0.1, 0.15) is 51.5 Å². The molecule has 1 aromatic carbocycles. The fourth-order valence-corrected chi connectivity index (χ4v) is 3.14. The van der Waals surface area contributed by atoms with Gasteiger partial charge in [0, 0.05) is 32.0 Å². The summed E-state index contributed by atoms with van der Waals surface area (Å²) in [5.41, 5.74) is 1.27. The van der Waals surface area contributed by atoms with Crippen molar-refractivity contribution in [3.63, 3.8) is 0 Å². The Balaban J connectivity index is 1.68. The van der Waals surface area contributed by atoms with Crippen molar-refractivity contribution in [1.29, 1.82) is 0 Å². The highest BCUT2D eigenvalue weighted by Gasteiger charge is 2.24. The van der Waals surface area contributed by atoms with E-state index in [2.05, 4.69) is 12.2 Å². The third-order valence-electron chi connectivity index (χ3n) is 4.74. The van der Waals surface area contributed by atoms with Gasteiger partial charge in [-0.05, 0) is 43.9 Å². The molecule has 0 atom stereocenters. The minimum Gasteiger partial charge on any atom is -0.484 e. The van der Waals surface area contributed by atoms with Gasteiger partial charge in [0.1, 0.15) is 11.5 Å². The topological polar surface area (TPSA) is 75.7 Å². The first kappa shape index (κ1) is 20.9. The van der Waals surface area contributed by atoms with E-state index in [0.717, 1.165) is 25.7 Å². The molecule has 2 rings (SSSR count). The molecule has 1 N–H and O–H groups in total. The molecule has 0 spiro atoms. The predicted octanol–water partition coefficient (Wildman–Crippen LogP) is 2.49. The monoisotopic (exact) mass is 374 g/mol. The van der Waals surface area contributed by atoms with Gasteiger partial charge in [-0.1, -0.05) is 25.5 Å². The molecule has 0 aliphatic carbocycles. The van der Waals surface area contributed by atoms with Crippen molar-refractivity contribution >= 4 is 17.6 Å². The lowest BCUT2D eigenvalue weighted by molar-refractivity contribution is -0.134. The van der Waals surface area contributed by atoms with Crippen LogP contribution in [0.2, 0.25) is 0 Å². The molecule has 0 bridgehead atoms. The van der Waals surface area contributed by atoms with E-state index in [4.69, 9.17) is 4.74 Å². The van der Waals surface area contributed by atoms with Gasteiger partial charge in [-0.25, -0.2) is 0 Å². The molecule has 0 radical (unpaired) electrons. The number of piperidine rings is 1. The number of hydrogen-bond acceptors (Lipinski definition) is 4. The molecule has 0 unspecified atom stereocenters. The van der Waals surface area contributed by atoms with Crippen molar-refractivity contribution in [1.82, 2.24) is 10.2 Å². The van der Waals surface area contributed by atoms with E-state index in [1.165, 1.54) is 12.5 Å². The van der Waals surface area contributed by atoms with Crippen LogP contribution in [0.25, 0.3) is 0 Å². The summed E-state index contributed by atoms with van der Waals surface area (Å²) in [7, 11) is 0. The maximum Gasteiger partial charge on any atom is 0.260 e. The third kappa shape index (κ3) is 7.41. The van der Waals surface area contributed by atoms with Gasteiger partial charge in [-0.3, -0.25) is 9.59 Å². The summed E-state index contributed by atoms with van der Waals surface area (Å²) >= 11 is 0. The van der Waals surface area contributed by atoms with Gasteiger partial charge < -0.3 is 19.7 Å². The summed E-state index contributed by atoms with van der Waals surface area (Å²) in [6, 6.07) is 7.94. The Bertz CT molecular complexity index is 634. The van der Waals surface area contributed by atoms with Crippen molar-refractivity contribution < 1.29 is 19.1 Å². The van der Waals surface area contributed by atoms with Gasteiger partial charge in [0.25, 0.3) is 5.91 Å². The van der Waals surface area contributed by atoms with Crippen molar-refractivity contribution in [3.05, 3.63) is 29.8 Å². The lowest BCUT2D eigenvalue weighted by Crippen LogP contribution is -2.47. The molecule has 1 fully saturated rings. The van der Waals surface area contributed by atoms with Gasteiger partial charge in [0.05, 0.1) is 0 Å². The van der Waals surface area contributed by atoms with Crippen LogP contribution in [0, 0.1) is 0 Å². The number of likely N-dealkylation sites (tertiary alicyclic amines) is 1. The number of nitrogens with zero attached hydrogens (tertiary/aromatic N) is 1. The minimum atomic E-state index is -0.0928. The molecule has 27 heavy (non-hydrogen) atoms. The Morgan fingerprint density at radius 1 is 1.11 bits per heavy atom. The molecule has 2 amide bonds. The van der Waals surface area contributed by atoms with E-state index >= 15 is 0 Å². The number of rotatable bonds is 9. The summed E-state index contributed by atoms with van der Waals surface area (Å²) in [5.74, 6) is 0.597. The van der Waals surface area contributed by atoms with Crippen LogP contribution in [-0.2, 0) is 20.8 Å². The number of ketones is 1. The minimum absolute atomic E-state index is 0.0190. The summed E-state index contributed by atoms with van der Waals surface area (Å²) < 4.78 is 5.61. The van der Waals surface area contributed by atoms with E-state index in [9.17, 15) is 14.4 Å². The Morgan fingerprint density at radius 3 is 2.37 bits per heavy atom. The average molecular weight is 374 g/mol. The molecule has 148 valence electrons. The van der Waals surface area contributed by atoms with Gasteiger partial charge in [-0.15, -0.1) is 0 Å². The largest absolute Gasteiger partial charge is 0.484 e. The fourth-order valence-electron chi connectivity index (χ4n) is 3.14. The Morgan fingerprint density at radius 2 is 1.78 bits per heavy atom. The van der Waals surface area contributed by atoms with Gasteiger partial charge in [-0.2, -0.15) is 0 Å². The molecule has 1 aliphatic heterocycles. The summed E-state index contributed by atoms with van der Waals surface area (Å²) in [5, 5.41) is 2.95. The van der Waals surface area contributed by atoms with Crippen molar-refractivity contribution in [3.8, 4) is 5.75 Å². The molecule has 6 nitrogen and oxygen atoms in total. The highest BCUT2D eigenvalue weighted by Crippen LogP contribution is 2.15. The van der Waals surface area contributed by atoms with Crippen LogP contribution in [0.5, 0.6) is 5.75 Å². The Kier molecular flexibility index (Phi) is 8.30. The van der Waals surface area contributed by atoms with Crippen LogP contribution in [0.4, 0.5) is 0 Å². The number of Topliss-reactive ketones (excluding diaryl/α,β-unsaturated/α-hetero) is 1. The highest BCUT2D eigenvalue weighted by atomic mass is 16.5. The number of carbonyl (C=O) groups excluding carboxylic acids is 3. The number of amides is 2. The smallest absolute Gasteiger partial charge is 0.260 e. The number of benzene rings is 1. The summed E-state index contributed by atoms with van der Waals surface area (Å²) in [6.45, 7) is 4.87. The van der Waals surface area contributed by atoms with E-state index in [0.29, 0.717) is 18.8 Å². The van der Waals surface area contributed by atoms with E-state index in [1.54, 1.807) is 4.90 Å².